The number of hydrogen-bond donors (Lipinski definition) is 1. The fourth-order valence-corrected chi connectivity index (χ4v) is 1.79. The quantitative estimate of drug-likeness (QED) is 0.891. The Morgan fingerprint density at radius 3 is 2.47 bits per heavy atom. The van der Waals surface area contributed by atoms with Gasteiger partial charge in [0.25, 0.3) is 0 Å². The molecule has 0 saturated carbocycles. The molecule has 0 radical (unpaired) electrons. The van der Waals surface area contributed by atoms with Gasteiger partial charge in [-0.3, -0.25) is 4.98 Å². The number of rotatable bonds is 5. The van der Waals surface area contributed by atoms with Crippen LogP contribution in [0.4, 0.5) is 5.82 Å². The molecule has 2 heterocycles. The number of nitrogens with one attached hydrogen (secondary N) is 1. The second-order valence-corrected chi connectivity index (χ2v) is 4.66. The van der Waals surface area contributed by atoms with Gasteiger partial charge < -0.3 is 10.1 Å². The van der Waals surface area contributed by atoms with Gasteiger partial charge in [-0.25, -0.2) is 4.98 Å². The Kier molecular flexibility index (Phi) is 4.34. The van der Waals surface area contributed by atoms with E-state index in [0.717, 1.165) is 17.1 Å². The molecule has 1 N–H and O–H groups in total. The summed E-state index contributed by atoms with van der Waals surface area (Å²) in [5.41, 5.74) is 1.16. The van der Waals surface area contributed by atoms with E-state index in [2.05, 4.69) is 22.2 Å². The largest absolute Gasteiger partial charge is 0.487 e. The summed E-state index contributed by atoms with van der Waals surface area (Å²) in [4.78, 5) is 8.37. The summed E-state index contributed by atoms with van der Waals surface area (Å²) in [6.07, 6.45) is 5.46. The van der Waals surface area contributed by atoms with Gasteiger partial charge in [-0.2, -0.15) is 0 Å². The van der Waals surface area contributed by atoms with Gasteiger partial charge in [-0.1, -0.05) is 0 Å². The first-order valence-corrected chi connectivity index (χ1v) is 6.45. The molecule has 1 atom stereocenters. The highest BCUT2D eigenvalue weighted by Crippen LogP contribution is 2.26. The molecule has 4 heteroatoms. The molecule has 2 aromatic rings. The molecule has 0 aliphatic rings. The Hall–Kier alpha value is -2.10. The molecule has 19 heavy (non-hydrogen) atoms. The van der Waals surface area contributed by atoms with Crippen LogP contribution >= 0.6 is 0 Å². The fraction of sp³-hybridized carbons (Fsp3) is 0.333. The monoisotopic (exact) mass is 257 g/mol. The molecule has 0 fully saturated rings. The highest BCUT2D eigenvalue weighted by molar-refractivity contribution is 5.51. The Labute approximate surface area is 113 Å². The average Bonchev–Trinajstić information content (AvgIpc) is 2.41. The third-order valence-electron chi connectivity index (χ3n) is 2.69. The van der Waals surface area contributed by atoms with Crippen LogP contribution in [0, 0.1) is 0 Å². The number of pyridine rings is 2. The Bertz CT molecular complexity index is 514. The molecule has 4 nitrogen and oxygen atoms in total. The lowest BCUT2D eigenvalue weighted by atomic mass is 10.1. The van der Waals surface area contributed by atoms with Gasteiger partial charge in [0.1, 0.15) is 0 Å². The maximum Gasteiger partial charge on any atom is 0.169 e. The van der Waals surface area contributed by atoms with Crippen LogP contribution in [0.25, 0.3) is 0 Å². The zero-order chi connectivity index (χ0) is 13.7. The van der Waals surface area contributed by atoms with Crippen molar-refractivity contribution in [3.63, 3.8) is 0 Å². The van der Waals surface area contributed by atoms with Crippen LogP contribution in [0.3, 0.4) is 0 Å². The van der Waals surface area contributed by atoms with Gasteiger partial charge >= 0.3 is 0 Å². The fourth-order valence-electron chi connectivity index (χ4n) is 1.79. The first-order chi connectivity index (χ1) is 9.16. The van der Waals surface area contributed by atoms with E-state index in [4.69, 9.17) is 4.74 Å². The zero-order valence-electron chi connectivity index (χ0n) is 11.5. The molecule has 100 valence electrons. The van der Waals surface area contributed by atoms with Crippen LogP contribution in [0.2, 0.25) is 0 Å². The van der Waals surface area contributed by atoms with Crippen LogP contribution in [-0.2, 0) is 0 Å². The van der Waals surface area contributed by atoms with E-state index in [1.807, 2.05) is 38.1 Å². The predicted octanol–water partition coefficient (Wildman–Crippen LogP) is 3.44. The van der Waals surface area contributed by atoms with E-state index in [1.165, 1.54) is 0 Å². The van der Waals surface area contributed by atoms with E-state index in [1.54, 1.807) is 18.6 Å². The van der Waals surface area contributed by atoms with Crippen LogP contribution < -0.4 is 10.1 Å². The van der Waals surface area contributed by atoms with E-state index < -0.39 is 0 Å². The van der Waals surface area contributed by atoms with E-state index in [-0.39, 0.29) is 12.1 Å². The minimum absolute atomic E-state index is 0.126. The van der Waals surface area contributed by atoms with E-state index >= 15 is 0 Å². The molecule has 2 aromatic heterocycles. The topological polar surface area (TPSA) is 47.0 Å². The van der Waals surface area contributed by atoms with Gasteiger partial charge in [-0.05, 0) is 50.6 Å². The minimum Gasteiger partial charge on any atom is -0.487 e. The molecule has 0 spiro atoms. The number of anilines is 1. The molecular weight excluding hydrogens is 238 g/mol. The Morgan fingerprint density at radius 1 is 1.05 bits per heavy atom. The van der Waals surface area contributed by atoms with Crippen LogP contribution in [-0.4, -0.2) is 16.1 Å². The van der Waals surface area contributed by atoms with Crippen molar-refractivity contribution in [2.75, 3.05) is 5.32 Å². The van der Waals surface area contributed by atoms with Crippen molar-refractivity contribution in [2.45, 2.75) is 32.9 Å². The normalized spacial score (nSPS) is 12.2. The third kappa shape index (κ3) is 3.68. The predicted molar refractivity (Wildman–Crippen MR) is 76.3 cm³/mol. The summed E-state index contributed by atoms with van der Waals surface area (Å²) in [5.74, 6) is 1.54. The number of aromatic nitrogens is 2. The number of ether oxygens (including phenoxy) is 1. The molecule has 0 bridgehead atoms. The van der Waals surface area contributed by atoms with Crippen molar-refractivity contribution in [3.05, 3.63) is 48.4 Å². The summed E-state index contributed by atoms with van der Waals surface area (Å²) in [6.45, 7) is 6.09. The van der Waals surface area contributed by atoms with Crippen molar-refractivity contribution in [3.8, 4) is 5.75 Å². The van der Waals surface area contributed by atoms with Gasteiger partial charge in [0.05, 0.1) is 12.1 Å². The van der Waals surface area contributed by atoms with Gasteiger partial charge in [0.2, 0.25) is 0 Å². The van der Waals surface area contributed by atoms with E-state index in [0.29, 0.717) is 0 Å². The van der Waals surface area contributed by atoms with Crippen molar-refractivity contribution in [1.29, 1.82) is 0 Å². The smallest absolute Gasteiger partial charge is 0.169 e. The first-order valence-electron chi connectivity index (χ1n) is 6.45. The SMILES string of the molecule is CC(C)Oc1cccnc1NC(C)c1ccncc1. The van der Waals surface area contributed by atoms with Gasteiger partial charge in [0, 0.05) is 18.6 Å². The Balaban J connectivity index is 2.15. The first kappa shape index (κ1) is 13.3. The average molecular weight is 257 g/mol. The summed E-state index contributed by atoms with van der Waals surface area (Å²) < 4.78 is 5.74. The number of hydrogen-bond acceptors (Lipinski definition) is 4. The van der Waals surface area contributed by atoms with Crippen molar-refractivity contribution >= 4 is 5.82 Å². The zero-order valence-corrected chi connectivity index (χ0v) is 11.5. The molecule has 0 aromatic carbocycles. The maximum absolute atomic E-state index is 5.74. The molecule has 0 aliphatic heterocycles. The molecule has 0 aliphatic carbocycles. The Morgan fingerprint density at radius 2 is 1.79 bits per heavy atom. The van der Waals surface area contributed by atoms with Crippen LogP contribution in [0.5, 0.6) is 5.75 Å². The van der Waals surface area contributed by atoms with Crippen LogP contribution in [0.15, 0.2) is 42.9 Å². The molecular formula is C15H19N3O. The lowest BCUT2D eigenvalue weighted by Gasteiger charge is -2.18. The van der Waals surface area contributed by atoms with Crippen LogP contribution in [0.1, 0.15) is 32.4 Å². The second kappa shape index (κ2) is 6.18. The van der Waals surface area contributed by atoms with Crippen molar-refractivity contribution in [1.82, 2.24) is 9.97 Å². The lowest BCUT2D eigenvalue weighted by molar-refractivity contribution is 0.242. The summed E-state index contributed by atoms with van der Waals surface area (Å²) in [6, 6.07) is 7.93. The highest BCUT2D eigenvalue weighted by atomic mass is 16.5. The van der Waals surface area contributed by atoms with Crippen molar-refractivity contribution in [2.24, 2.45) is 0 Å². The summed E-state index contributed by atoms with van der Waals surface area (Å²) in [7, 11) is 0. The molecule has 0 amide bonds. The molecule has 1 unspecified atom stereocenters. The minimum atomic E-state index is 0.126. The third-order valence-corrected chi connectivity index (χ3v) is 2.69. The molecule has 2 rings (SSSR count). The second-order valence-electron chi connectivity index (χ2n) is 4.66. The summed E-state index contributed by atoms with van der Waals surface area (Å²) in [5, 5.41) is 3.37. The standard InChI is InChI=1S/C15H19N3O/c1-11(2)19-14-5-4-8-17-15(14)18-12(3)13-6-9-16-10-7-13/h4-12H,1-3H3,(H,17,18). The van der Waals surface area contributed by atoms with Crippen molar-refractivity contribution < 1.29 is 4.74 Å². The maximum atomic E-state index is 5.74. The lowest BCUT2D eigenvalue weighted by Crippen LogP contribution is -2.12. The van der Waals surface area contributed by atoms with Gasteiger partial charge in [0.15, 0.2) is 11.6 Å². The van der Waals surface area contributed by atoms with Gasteiger partial charge in [-0.15, -0.1) is 0 Å². The number of nitrogens with zero attached hydrogens (tertiary/aromatic N) is 2. The molecule has 0 saturated heterocycles. The highest BCUT2D eigenvalue weighted by Gasteiger charge is 2.10. The van der Waals surface area contributed by atoms with E-state index in [9.17, 15) is 0 Å². The summed E-state index contributed by atoms with van der Waals surface area (Å²) >= 11 is 0.